The van der Waals surface area contributed by atoms with Crippen LogP contribution in [0.25, 0.3) is 0 Å². The average molecular weight is 389 g/mol. The van der Waals surface area contributed by atoms with E-state index >= 15 is 0 Å². The number of nitrogens with one attached hydrogen (secondary N) is 2. The first-order chi connectivity index (χ1) is 13.6. The van der Waals surface area contributed by atoms with E-state index in [0.717, 1.165) is 12.1 Å². The van der Waals surface area contributed by atoms with Gasteiger partial charge in [-0.25, -0.2) is 9.38 Å². The monoisotopic (exact) mass is 389 g/mol. The quantitative estimate of drug-likeness (QED) is 0.510. The minimum absolute atomic E-state index is 0.191. The van der Waals surface area contributed by atoms with Crippen molar-refractivity contribution < 1.29 is 18.6 Å². The Labute approximate surface area is 165 Å². The predicted molar refractivity (Wildman–Crippen MR) is 109 cm³/mol. The van der Waals surface area contributed by atoms with Crippen molar-refractivity contribution in [3.05, 3.63) is 53.3 Å². The third-order valence-electron chi connectivity index (χ3n) is 4.13. The van der Waals surface area contributed by atoms with E-state index in [9.17, 15) is 4.39 Å². The second kappa shape index (κ2) is 11.0. The Balaban J connectivity index is 2.06. The molecule has 0 aliphatic carbocycles. The van der Waals surface area contributed by atoms with Crippen LogP contribution in [-0.4, -0.2) is 40.4 Å². The van der Waals surface area contributed by atoms with Crippen molar-refractivity contribution in [1.82, 2.24) is 10.6 Å². The van der Waals surface area contributed by atoms with Crippen molar-refractivity contribution >= 4 is 5.96 Å². The summed E-state index contributed by atoms with van der Waals surface area (Å²) in [6.45, 7) is 3.71. The van der Waals surface area contributed by atoms with E-state index in [-0.39, 0.29) is 5.82 Å². The van der Waals surface area contributed by atoms with Crippen LogP contribution in [0.3, 0.4) is 0 Å². The maximum Gasteiger partial charge on any atom is 0.203 e. The first-order valence-electron chi connectivity index (χ1n) is 9.17. The highest BCUT2D eigenvalue weighted by atomic mass is 19.1. The fourth-order valence-corrected chi connectivity index (χ4v) is 2.76. The molecule has 0 radical (unpaired) electrons. The number of methoxy groups -OCH3 is 3. The van der Waals surface area contributed by atoms with Gasteiger partial charge in [0.25, 0.3) is 0 Å². The number of nitrogens with zero attached hydrogens (tertiary/aromatic N) is 1. The summed E-state index contributed by atoms with van der Waals surface area (Å²) in [5.74, 6) is 2.19. The van der Waals surface area contributed by atoms with Gasteiger partial charge in [0.1, 0.15) is 5.82 Å². The molecule has 28 heavy (non-hydrogen) atoms. The summed E-state index contributed by atoms with van der Waals surface area (Å²) in [5, 5.41) is 6.42. The highest BCUT2D eigenvalue weighted by Gasteiger charge is 2.13. The lowest BCUT2D eigenvalue weighted by molar-refractivity contribution is 0.324. The molecule has 0 bridgehead atoms. The molecule has 0 aromatic heterocycles. The van der Waals surface area contributed by atoms with Gasteiger partial charge in [0.05, 0.1) is 27.9 Å². The predicted octanol–water partition coefficient (Wildman–Crippen LogP) is 3.15. The van der Waals surface area contributed by atoms with Gasteiger partial charge in [0, 0.05) is 13.1 Å². The first kappa shape index (κ1) is 21.3. The number of aliphatic imine (C=N–C) groups is 1. The standard InChI is InChI=1S/C21H28FN3O3/c1-5-23-21(24-11-10-16-8-6-7-9-17(16)22)25-14-15-12-18(26-2)20(28-4)19(13-15)27-3/h6-9,12-13H,5,10-11,14H2,1-4H3,(H2,23,24,25). The highest BCUT2D eigenvalue weighted by Crippen LogP contribution is 2.38. The van der Waals surface area contributed by atoms with E-state index in [1.165, 1.54) is 6.07 Å². The zero-order valence-corrected chi connectivity index (χ0v) is 16.8. The fourth-order valence-electron chi connectivity index (χ4n) is 2.76. The van der Waals surface area contributed by atoms with Crippen LogP contribution in [0.4, 0.5) is 4.39 Å². The van der Waals surface area contributed by atoms with E-state index in [4.69, 9.17) is 14.2 Å². The molecule has 0 heterocycles. The summed E-state index contributed by atoms with van der Waals surface area (Å²) >= 11 is 0. The van der Waals surface area contributed by atoms with Crippen LogP contribution in [0.5, 0.6) is 17.2 Å². The molecule has 0 unspecified atom stereocenters. The minimum atomic E-state index is -0.191. The van der Waals surface area contributed by atoms with Crippen LogP contribution < -0.4 is 24.8 Å². The molecular formula is C21H28FN3O3. The van der Waals surface area contributed by atoms with Gasteiger partial charge in [-0.3, -0.25) is 0 Å². The molecule has 2 N–H and O–H groups in total. The van der Waals surface area contributed by atoms with Crippen LogP contribution >= 0.6 is 0 Å². The maximum absolute atomic E-state index is 13.7. The molecule has 0 aliphatic heterocycles. The molecule has 0 saturated heterocycles. The molecule has 6 nitrogen and oxygen atoms in total. The Morgan fingerprint density at radius 1 is 1.00 bits per heavy atom. The van der Waals surface area contributed by atoms with Crippen LogP contribution in [0.15, 0.2) is 41.4 Å². The van der Waals surface area contributed by atoms with E-state index < -0.39 is 0 Å². The molecule has 2 rings (SSSR count). The molecule has 2 aromatic rings. The summed E-state index contributed by atoms with van der Waals surface area (Å²) in [6.07, 6.45) is 0.571. The van der Waals surface area contributed by atoms with E-state index in [0.29, 0.717) is 48.3 Å². The molecule has 0 fully saturated rings. The average Bonchev–Trinajstić information content (AvgIpc) is 2.72. The zero-order chi connectivity index (χ0) is 20.4. The second-order valence-corrected chi connectivity index (χ2v) is 6.00. The van der Waals surface area contributed by atoms with Crippen molar-refractivity contribution in [2.45, 2.75) is 19.9 Å². The molecule has 152 valence electrons. The van der Waals surface area contributed by atoms with Crippen molar-refractivity contribution in [3.8, 4) is 17.2 Å². The van der Waals surface area contributed by atoms with Crippen LogP contribution in [0, 0.1) is 5.82 Å². The summed E-state index contributed by atoms with van der Waals surface area (Å²) in [6, 6.07) is 10.5. The first-order valence-corrected chi connectivity index (χ1v) is 9.17. The van der Waals surface area contributed by atoms with Crippen LogP contribution in [-0.2, 0) is 13.0 Å². The number of ether oxygens (including phenoxy) is 3. The normalized spacial score (nSPS) is 11.1. The van der Waals surface area contributed by atoms with Crippen molar-refractivity contribution in [3.63, 3.8) is 0 Å². The third kappa shape index (κ3) is 5.77. The lowest BCUT2D eigenvalue weighted by Crippen LogP contribution is -2.38. The zero-order valence-electron chi connectivity index (χ0n) is 16.8. The Hall–Kier alpha value is -2.96. The molecule has 0 saturated carbocycles. The summed E-state index contributed by atoms with van der Waals surface area (Å²) in [5.41, 5.74) is 1.59. The SMILES string of the molecule is CCNC(=NCc1cc(OC)c(OC)c(OC)c1)NCCc1ccccc1F. The smallest absolute Gasteiger partial charge is 0.203 e. The van der Waals surface area contributed by atoms with E-state index in [2.05, 4.69) is 15.6 Å². The summed E-state index contributed by atoms with van der Waals surface area (Å²) in [4.78, 5) is 4.59. The van der Waals surface area contributed by atoms with Crippen LogP contribution in [0.1, 0.15) is 18.1 Å². The van der Waals surface area contributed by atoms with Gasteiger partial charge in [-0.2, -0.15) is 0 Å². The second-order valence-electron chi connectivity index (χ2n) is 6.00. The minimum Gasteiger partial charge on any atom is -0.493 e. The lowest BCUT2D eigenvalue weighted by Gasteiger charge is -2.14. The number of halogens is 1. The molecule has 2 aromatic carbocycles. The number of guanidine groups is 1. The van der Waals surface area contributed by atoms with Gasteiger partial charge in [-0.1, -0.05) is 18.2 Å². The maximum atomic E-state index is 13.7. The molecule has 7 heteroatoms. The number of hydrogen-bond acceptors (Lipinski definition) is 4. The molecule has 0 aliphatic rings. The Morgan fingerprint density at radius 3 is 2.25 bits per heavy atom. The molecule has 0 amide bonds. The van der Waals surface area contributed by atoms with Gasteiger partial charge in [-0.15, -0.1) is 0 Å². The number of hydrogen-bond donors (Lipinski definition) is 2. The van der Waals surface area contributed by atoms with Gasteiger partial charge >= 0.3 is 0 Å². The molecule has 0 atom stereocenters. The summed E-state index contributed by atoms with van der Waals surface area (Å²) in [7, 11) is 4.73. The lowest BCUT2D eigenvalue weighted by atomic mass is 10.1. The Kier molecular flexibility index (Phi) is 8.39. The summed E-state index contributed by atoms with van der Waals surface area (Å²) < 4.78 is 29.8. The van der Waals surface area contributed by atoms with Crippen molar-refractivity contribution in [1.29, 1.82) is 0 Å². The molecular weight excluding hydrogens is 361 g/mol. The Morgan fingerprint density at radius 2 is 1.68 bits per heavy atom. The van der Waals surface area contributed by atoms with E-state index in [1.807, 2.05) is 25.1 Å². The topological polar surface area (TPSA) is 64.1 Å². The fraction of sp³-hybridized carbons (Fsp3) is 0.381. The van der Waals surface area contributed by atoms with Gasteiger partial charge in [0.2, 0.25) is 5.75 Å². The van der Waals surface area contributed by atoms with Gasteiger partial charge < -0.3 is 24.8 Å². The highest BCUT2D eigenvalue weighted by molar-refractivity contribution is 5.79. The van der Waals surface area contributed by atoms with Gasteiger partial charge in [-0.05, 0) is 42.7 Å². The number of benzene rings is 2. The Bertz CT molecular complexity index is 771. The van der Waals surface area contributed by atoms with Crippen LogP contribution in [0.2, 0.25) is 0 Å². The number of rotatable bonds is 9. The molecule has 0 spiro atoms. The largest absolute Gasteiger partial charge is 0.493 e. The van der Waals surface area contributed by atoms with E-state index in [1.54, 1.807) is 33.5 Å². The van der Waals surface area contributed by atoms with Crippen molar-refractivity contribution in [2.24, 2.45) is 4.99 Å². The third-order valence-corrected chi connectivity index (χ3v) is 4.13. The van der Waals surface area contributed by atoms with Gasteiger partial charge in [0.15, 0.2) is 17.5 Å². The van der Waals surface area contributed by atoms with Crippen molar-refractivity contribution in [2.75, 3.05) is 34.4 Å².